The number of alkyl halides is 2. The summed E-state index contributed by atoms with van der Waals surface area (Å²) in [6.45, 7) is 2.24. The molecule has 0 spiro atoms. The minimum absolute atomic E-state index is 0.142. The average molecular weight is 217 g/mol. The number of rotatable bonds is 5. The molecule has 0 aliphatic rings. The second-order valence-corrected chi connectivity index (χ2v) is 3.33. The molecular weight excluding hydrogens is 203 g/mol. The summed E-state index contributed by atoms with van der Waals surface area (Å²) >= 11 is 0. The van der Waals surface area contributed by atoms with Crippen LogP contribution in [0.1, 0.15) is 12.5 Å². The van der Waals surface area contributed by atoms with Crippen LogP contribution >= 0.6 is 0 Å². The van der Waals surface area contributed by atoms with Gasteiger partial charge in [-0.2, -0.15) is 0 Å². The average Bonchev–Trinajstić information content (AvgIpc) is 2.17. The van der Waals surface area contributed by atoms with E-state index in [1.54, 1.807) is 13.0 Å². The molecule has 15 heavy (non-hydrogen) atoms. The lowest BCUT2D eigenvalue weighted by molar-refractivity contribution is 0.0990. The van der Waals surface area contributed by atoms with Gasteiger partial charge in [0.25, 0.3) is 6.43 Å². The molecule has 0 aromatic heterocycles. The number of hydrogen-bond acceptors (Lipinski definition) is 1. The number of halogens is 3. The molecular formula is C11H14F3N. The molecule has 1 atom stereocenters. The zero-order chi connectivity index (χ0) is 11.3. The summed E-state index contributed by atoms with van der Waals surface area (Å²) in [6.07, 6.45) is -2.29. The predicted octanol–water partition coefficient (Wildman–Crippen LogP) is 2.61. The fourth-order valence-electron chi connectivity index (χ4n) is 1.43. The van der Waals surface area contributed by atoms with Gasteiger partial charge in [-0.05, 0) is 30.7 Å². The molecule has 0 fully saturated rings. The Kier molecular flexibility index (Phi) is 4.62. The Balaban J connectivity index is 2.65. The first-order valence-electron chi connectivity index (χ1n) is 4.89. The first-order chi connectivity index (χ1) is 7.13. The summed E-state index contributed by atoms with van der Waals surface area (Å²) < 4.78 is 37.8. The third-order valence-electron chi connectivity index (χ3n) is 2.12. The molecule has 1 rings (SSSR count). The fraction of sp³-hybridized carbons (Fsp3) is 0.455. The van der Waals surface area contributed by atoms with E-state index in [-0.39, 0.29) is 6.42 Å². The van der Waals surface area contributed by atoms with Crippen LogP contribution < -0.4 is 5.32 Å². The zero-order valence-corrected chi connectivity index (χ0v) is 8.51. The molecule has 0 bridgehead atoms. The van der Waals surface area contributed by atoms with Crippen molar-refractivity contribution in [3.8, 4) is 0 Å². The lowest BCUT2D eigenvalue weighted by atomic mass is 10.1. The molecule has 1 aromatic rings. The van der Waals surface area contributed by atoms with Gasteiger partial charge in [0.15, 0.2) is 0 Å². The van der Waals surface area contributed by atoms with Gasteiger partial charge in [0, 0.05) is 0 Å². The second-order valence-electron chi connectivity index (χ2n) is 3.33. The van der Waals surface area contributed by atoms with E-state index < -0.39 is 18.3 Å². The van der Waals surface area contributed by atoms with Gasteiger partial charge in [0.1, 0.15) is 5.82 Å². The Morgan fingerprint density at radius 1 is 1.33 bits per heavy atom. The number of benzene rings is 1. The Morgan fingerprint density at radius 3 is 2.60 bits per heavy atom. The number of hydrogen-bond donors (Lipinski definition) is 1. The Labute approximate surface area is 87.3 Å². The molecule has 0 aliphatic carbocycles. The van der Waals surface area contributed by atoms with Gasteiger partial charge >= 0.3 is 0 Å². The molecule has 1 N–H and O–H groups in total. The van der Waals surface area contributed by atoms with Crippen molar-refractivity contribution in [2.24, 2.45) is 0 Å². The topological polar surface area (TPSA) is 12.0 Å². The highest BCUT2D eigenvalue weighted by Crippen LogP contribution is 2.11. The first-order valence-corrected chi connectivity index (χ1v) is 4.89. The van der Waals surface area contributed by atoms with Crippen molar-refractivity contribution in [3.63, 3.8) is 0 Å². The van der Waals surface area contributed by atoms with Gasteiger partial charge in [-0.15, -0.1) is 0 Å². The molecule has 1 aromatic carbocycles. The van der Waals surface area contributed by atoms with Crippen LogP contribution in [-0.2, 0) is 6.42 Å². The Bertz CT molecular complexity index is 302. The molecule has 84 valence electrons. The summed E-state index contributed by atoms with van der Waals surface area (Å²) in [4.78, 5) is 0. The minimum Gasteiger partial charge on any atom is -0.309 e. The van der Waals surface area contributed by atoms with Crippen molar-refractivity contribution in [2.45, 2.75) is 25.8 Å². The van der Waals surface area contributed by atoms with Gasteiger partial charge in [-0.1, -0.05) is 19.1 Å². The second kappa shape index (κ2) is 5.75. The van der Waals surface area contributed by atoms with E-state index in [0.717, 1.165) is 0 Å². The summed E-state index contributed by atoms with van der Waals surface area (Å²) in [7, 11) is 0. The van der Waals surface area contributed by atoms with Crippen LogP contribution in [0.25, 0.3) is 0 Å². The Morgan fingerprint density at radius 2 is 2.07 bits per heavy atom. The van der Waals surface area contributed by atoms with E-state index in [1.807, 2.05) is 0 Å². The predicted molar refractivity (Wildman–Crippen MR) is 53.6 cm³/mol. The summed E-state index contributed by atoms with van der Waals surface area (Å²) in [5, 5.41) is 2.68. The van der Waals surface area contributed by atoms with Gasteiger partial charge in [0.05, 0.1) is 6.04 Å². The van der Waals surface area contributed by atoms with Crippen LogP contribution in [0.2, 0.25) is 0 Å². The van der Waals surface area contributed by atoms with E-state index in [1.165, 1.54) is 18.2 Å². The lowest BCUT2D eigenvalue weighted by Gasteiger charge is -2.16. The molecule has 1 nitrogen and oxygen atoms in total. The third kappa shape index (κ3) is 3.91. The van der Waals surface area contributed by atoms with Crippen molar-refractivity contribution in [1.82, 2.24) is 5.32 Å². The molecule has 0 saturated carbocycles. The minimum atomic E-state index is -2.44. The van der Waals surface area contributed by atoms with Crippen LogP contribution in [0.4, 0.5) is 13.2 Å². The first kappa shape index (κ1) is 12.0. The SMILES string of the molecule is CCNC(Cc1cccc(F)c1)C(F)F. The maximum absolute atomic E-state index is 12.8. The van der Waals surface area contributed by atoms with E-state index in [0.29, 0.717) is 12.1 Å². The Hall–Kier alpha value is -1.03. The van der Waals surface area contributed by atoms with Crippen LogP contribution in [0.15, 0.2) is 24.3 Å². The molecule has 0 heterocycles. The van der Waals surface area contributed by atoms with Crippen molar-refractivity contribution in [1.29, 1.82) is 0 Å². The molecule has 0 amide bonds. The van der Waals surface area contributed by atoms with Crippen molar-refractivity contribution in [3.05, 3.63) is 35.6 Å². The molecule has 0 aliphatic heterocycles. The summed E-state index contributed by atoms with van der Waals surface area (Å²) in [6, 6.07) is 4.85. The van der Waals surface area contributed by atoms with E-state index >= 15 is 0 Å². The monoisotopic (exact) mass is 217 g/mol. The fourth-order valence-corrected chi connectivity index (χ4v) is 1.43. The molecule has 0 saturated heterocycles. The standard InChI is InChI=1S/C11H14F3N/c1-2-15-10(11(13)14)7-8-4-3-5-9(12)6-8/h3-6,10-11,15H,2,7H2,1H3. The van der Waals surface area contributed by atoms with Gasteiger partial charge in [0.2, 0.25) is 0 Å². The van der Waals surface area contributed by atoms with Crippen LogP contribution in [0.5, 0.6) is 0 Å². The number of nitrogens with one attached hydrogen (secondary N) is 1. The van der Waals surface area contributed by atoms with Gasteiger partial charge < -0.3 is 5.32 Å². The van der Waals surface area contributed by atoms with Gasteiger partial charge in [-0.25, -0.2) is 13.2 Å². The molecule has 4 heteroatoms. The highest BCUT2D eigenvalue weighted by atomic mass is 19.3. The highest BCUT2D eigenvalue weighted by molar-refractivity contribution is 5.17. The van der Waals surface area contributed by atoms with E-state index in [4.69, 9.17) is 0 Å². The summed E-state index contributed by atoms with van der Waals surface area (Å²) in [5.41, 5.74) is 0.584. The highest BCUT2D eigenvalue weighted by Gasteiger charge is 2.19. The van der Waals surface area contributed by atoms with Crippen LogP contribution in [0.3, 0.4) is 0 Å². The maximum atomic E-state index is 12.8. The largest absolute Gasteiger partial charge is 0.309 e. The molecule has 1 unspecified atom stereocenters. The van der Waals surface area contributed by atoms with Crippen LogP contribution in [-0.4, -0.2) is 19.0 Å². The van der Waals surface area contributed by atoms with E-state index in [9.17, 15) is 13.2 Å². The summed E-state index contributed by atoms with van der Waals surface area (Å²) in [5.74, 6) is -0.392. The maximum Gasteiger partial charge on any atom is 0.254 e. The van der Waals surface area contributed by atoms with Crippen molar-refractivity contribution >= 4 is 0 Å². The van der Waals surface area contributed by atoms with Crippen molar-refractivity contribution < 1.29 is 13.2 Å². The smallest absolute Gasteiger partial charge is 0.254 e. The number of likely N-dealkylation sites (N-methyl/N-ethyl adjacent to an activating group) is 1. The third-order valence-corrected chi connectivity index (χ3v) is 2.12. The quantitative estimate of drug-likeness (QED) is 0.799. The van der Waals surface area contributed by atoms with Crippen molar-refractivity contribution in [2.75, 3.05) is 6.54 Å². The van der Waals surface area contributed by atoms with Crippen LogP contribution in [0, 0.1) is 5.82 Å². The van der Waals surface area contributed by atoms with E-state index in [2.05, 4.69) is 5.32 Å². The molecule has 0 radical (unpaired) electrons. The lowest BCUT2D eigenvalue weighted by Crippen LogP contribution is -2.37. The zero-order valence-electron chi connectivity index (χ0n) is 8.51. The van der Waals surface area contributed by atoms with Gasteiger partial charge in [-0.3, -0.25) is 0 Å². The normalized spacial score (nSPS) is 13.1.